The summed E-state index contributed by atoms with van der Waals surface area (Å²) in [4.78, 5) is 21.5. The molecule has 1 amide bonds. The van der Waals surface area contributed by atoms with Gasteiger partial charge in [0.05, 0.1) is 5.75 Å². The Bertz CT molecular complexity index is 185. The largest absolute Gasteiger partial charge is 0.480 e. The van der Waals surface area contributed by atoms with Crippen molar-refractivity contribution in [1.82, 2.24) is 5.32 Å². The molecule has 5 nitrogen and oxygen atoms in total. The zero-order valence-electron chi connectivity index (χ0n) is 7.32. The molecule has 0 aromatic rings. The predicted octanol–water partition coefficient (Wildman–Crippen LogP) is -0.699. The summed E-state index contributed by atoms with van der Waals surface area (Å²) in [6.45, 7) is -0.253. The molecule has 0 radical (unpaired) electrons. The Morgan fingerprint density at radius 3 is 2.54 bits per heavy atom. The summed E-state index contributed by atoms with van der Waals surface area (Å²) in [7, 11) is 0. The summed E-state index contributed by atoms with van der Waals surface area (Å²) in [6.07, 6.45) is 1.79. The van der Waals surface area contributed by atoms with Crippen molar-refractivity contribution in [2.45, 2.75) is 12.5 Å². The van der Waals surface area contributed by atoms with Gasteiger partial charge < -0.3 is 15.5 Å². The molecule has 0 spiro atoms. The van der Waals surface area contributed by atoms with E-state index in [0.29, 0.717) is 0 Å². The SMILES string of the molecule is CSCC(=O)N[C@@H](CCO)C(=O)O. The Labute approximate surface area is 80.5 Å². The van der Waals surface area contributed by atoms with Crippen LogP contribution in [0.15, 0.2) is 0 Å². The first kappa shape index (κ1) is 12.2. The van der Waals surface area contributed by atoms with Gasteiger partial charge in [-0.1, -0.05) is 0 Å². The molecule has 1 atom stereocenters. The number of amides is 1. The van der Waals surface area contributed by atoms with E-state index in [9.17, 15) is 9.59 Å². The van der Waals surface area contributed by atoms with E-state index in [4.69, 9.17) is 10.2 Å². The Balaban J connectivity index is 3.94. The highest BCUT2D eigenvalue weighted by atomic mass is 32.2. The molecule has 76 valence electrons. The average molecular weight is 207 g/mol. The fraction of sp³-hybridized carbons (Fsp3) is 0.714. The molecule has 13 heavy (non-hydrogen) atoms. The van der Waals surface area contributed by atoms with Crippen LogP contribution in [-0.2, 0) is 9.59 Å². The number of nitrogens with one attached hydrogen (secondary N) is 1. The number of thioether (sulfide) groups is 1. The maximum atomic E-state index is 11.0. The molecule has 0 saturated carbocycles. The van der Waals surface area contributed by atoms with Gasteiger partial charge in [-0.15, -0.1) is 0 Å². The fourth-order valence-electron chi connectivity index (χ4n) is 0.754. The van der Waals surface area contributed by atoms with Crippen molar-refractivity contribution in [1.29, 1.82) is 0 Å². The number of carbonyl (C=O) groups is 2. The van der Waals surface area contributed by atoms with Crippen molar-refractivity contribution in [2.24, 2.45) is 0 Å². The lowest BCUT2D eigenvalue weighted by molar-refractivity contribution is -0.141. The van der Waals surface area contributed by atoms with Crippen molar-refractivity contribution in [2.75, 3.05) is 18.6 Å². The zero-order chi connectivity index (χ0) is 10.3. The van der Waals surface area contributed by atoms with Crippen LogP contribution in [0.2, 0.25) is 0 Å². The van der Waals surface area contributed by atoms with Gasteiger partial charge >= 0.3 is 5.97 Å². The minimum absolute atomic E-state index is 0.0372. The summed E-state index contributed by atoms with van der Waals surface area (Å²) >= 11 is 1.31. The highest BCUT2D eigenvalue weighted by Crippen LogP contribution is 1.94. The van der Waals surface area contributed by atoms with E-state index in [1.54, 1.807) is 6.26 Å². The number of aliphatic hydroxyl groups is 1. The zero-order valence-corrected chi connectivity index (χ0v) is 8.13. The third kappa shape index (κ3) is 5.48. The summed E-state index contributed by atoms with van der Waals surface area (Å²) in [5.41, 5.74) is 0. The van der Waals surface area contributed by atoms with E-state index in [1.165, 1.54) is 11.8 Å². The first-order valence-corrected chi connectivity index (χ1v) is 5.13. The molecule has 0 aromatic carbocycles. The highest BCUT2D eigenvalue weighted by Gasteiger charge is 2.18. The normalized spacial score (nSPS) is 12.2. The van der Waals surface area contributed by atoms with E-state index in [1.807, 2.05) is 0 Å². The van der Waals surface area contributed by atoms with Gasteiger partial charge in [-0.2, -0.15) is 11.8 Å². The summed E-state index contributed by atoms with van der Waals surface area (Å²) in [5, 5.41) is 19.4. The van der Waals surface area contributed by atoms with Gasteiger partial charge in [-0.25, -0.2) is 4.79 Å². The van der Waals surface area contributed by atoms with Crippen LogP contribution in [0.5, 0.6) is 0 Å². The van der Waals surface area contributed by atoms with Gasteiger partial charge in [0, 0.05) is 13.0 Å². The number of hydrogen-bond donors (Lipinski definition) is 3. The smallest absolute Gasteiger partial charge is 0.326 e. The van der Waals surface area contributed by atoms with Crippen LogP contribution >= 0.6 is 11.8 Å². The van der Waals surface area contributed by atoms with Crippen molar-refractivity contribution < 1.29 is 19.8 Å². The maximum absolute atomic E-state index is 11.0. The van der Waals surface area contributed by atoms with Crippen LogP contribution in [0.4, 0.5) is 0 Å². The number of aliphatic hydroxyl groups excluding tert-OH is 1. The summed E-state index contributed by atoms with van der Waals surface area (Å²) in [5.74, 6) is -1.22. The molecule has 0 aliphatic rings. The number of carboxylic acid groups (broad SMARTS) is 1. The second kappa shape index (κ2) is 6.73. The number of carboxylic acids is 1. The lowest BCUT2D eigenvalue weighted by Gasteiger charge is -2.12. The van der Waals surface area contributed by atoms with Gasteiger partial charge in [0.15, 0.2) is 0 Å². The second-order valence-corrected chi connectivity index (χ2v) is 3.27. The molecule has 0 rings (SSSR count). The van der Waals surface area contributed by atoms with Crippen LogP contribution in [0.25, 0.3) is 0 Å². The van der Waals surface area contributed by atoms with E-state index in [2.05, 4.69) is 5.32 Å². The van der Waals surface area contributed by atoms with Crippen molar-refractivity contribution >= 4 is 23.6 Å². The monoisotopic (exact) mass is 207 g/mol. The van der Waals surface area contributed by atoms with E-state index in [0.717, 1.165) is 0 Å². The van der Waals surface area contributed by atoms with E-state index in [-0.39, 0.29) is 24.7 Å². The average Bonchev–Trinajstić information content (AvgIpc) is 2.04. The number of aliphatic carboxylic acids is 1. The molecule has 0 saturated heterocycles. The van der Waals surface area contributed by atoms with Crippen LogP contribution in [-0.4, -0.2) is 46.7 Å². The molecule has 0 bridgehead atoms. The van der Waals surface area contributed by atoms with Crippen LogP contribution in [0.3, 0.4) is 0 Å². The van der Waals surface area contributed by atoms with Crippen LogP contribution < -0.4 is 5.32 Å². The minimum atomic E-state index is -1.12. The molecule has 0 heterocycles. The first-order valence-electron chi connectivity index (χ1n) is 3.73. The Kier molecular flexibility index (Phi) is 6.34. The molecule has 3 N–H and O–H groups in total. The highest BCUT2D eigenvalue weighted by molar-refractivity contribution is 7.99. The van der Waals surface area contributed by atoms with Crippen molar-refractivity contribution in [3.8, 4) is 0 Å². The molecule has 0 aliphatic heterocycles. The molecule has 0 unspecified atom stereocenters. The molecule has 0 aliphatic carbocycles. The van der Waals surface area contributed by atoms with Gasteiger partial charge in [0.2, 0.25) is 5.91 Å². The van der Waals surface area contributed by atoms with Gasteiger partial charge in [-0.3, -0.25) is 4.79 Å². The van der Waals surface area contributed by atoms with Crippen molar-refractivity contribution in [3.05, 3.63) is 0 Å². The summed E-state index contributed by atoms with van der Waals surface area (Å²) < 4.78 is 0. The minimum Gasteiger partial charge on any atom is -0.480 e. The van der Waals surface area contributed by atoms with E-state index < -0.39 is 12.0 Å². The van der Waals surface area contributed by atoms with Crippen LogP contribution in [0, 0.1) is 0 Å². The molecular formula is C7H13NO4S. The van der Waals surface area contributed by atoms with Crippen molar-refractivity contribution in [3.63, 3.8) is 0 Å². The number of carbonyl (C=O) groups excluding carboxylic acids is 1. The second-order valence-electron chi connectivity index (χ2n) is 2.40. The topological polar surface area (TPSA) is 86.6 Å². The van der Waals surface area contributed by atoms with Gasteiger partial charge in [0.25, 0.3) is 0 Å². The molecule has 6 heteroatoms. The lowest BCUT2D eigenvalue weighted by atomic mass is 10.2. The molecular weight excluding hydrogens is 194 g/mol. The standard InChI is InChI=1S/C7H13NO4S/c1-13-4-6(10)8-5(2-3-9)7(11)12/h5,9H,2-4H2,1H3,(H,8,10)(H,11,12)/t5-/m0/s1. The Morgan fingerprint density at radius 1 is 1.54 bits per heavy atom. The molecule has 0 fully saturated rings. The van der Waals surface area contributed by atoms with Gasteiger partial charge in [0.1, 0.15) is 6.04 Å². The lowest BCUT2D eigenvalue weighted by Crippen LogP contribution is -2.42. The van der Waals surface area contributed by atoms with Gasteiger partial charge in [-0.05, 0) is 6.26 Å². The summed E-state index contributed by atoms with van der Waals surface area (Å²) in [6, 6.07) is -0.982. The number of hydrogen-bond acceptors (Lipinski definition) is 4. The fourth-order valence-corrected chi connectivity index (χ4v) is 1.10. The Hall–Kier alpha value is -0.750. The van der Waals surface area contributed by atoms with E-state index >= 15 is 0 Å². The third-order valence-corrected chi connectivity index (χ3v) is 1.88. The predicted molar refractivity (Wildman–Crippen MR) is 49.7 cm³/mol. The molecule has 0 aromatic heterocycles. The first-order chi connectivity index (χ1) is 6.11. The quantitative estimate of drug-likeness (QED) is 0.536. The van der Waals surface area contributed by atoms with Crippen LogP contribution in [0.1, 0.15) is 6.42 Å². The maximum Gasteiger partial charge on any atom is 0.326 e. The third-order valence-electron chi connectivity index (χ3n) is 1.33. The number of rotatable bonds is 6. The Morgan fingerprint density at radius 2 is 2.15 bits per heavy atom.